The van der Waals surface area contributed by atoms with Crippen LogP contribution in [0.5, 0.6) is 23.0 Å². The number of aromatic hydroxyl groups is 2. The molecule has 1 aliphatic rings. The Morgan fingerprint density at radius 1 is 1.07 bits per heavy atom. The minimum atomic E-state index is -2.01. The Labute approximate surface area is 167 Å². The van der Waals surface area contributed by atoms with Gasteiger partial charge in [-0.1, -0.05) is 6.07 Å². The number of benzene rings is 2. The Hall–Kier alpha value is -2.97. The number of rotatable bonds is 5. The van der Waals surface area contributed by atoms with Crippen molar-refractivity contribution in [1.82, 2.24) is 0 Å². The molecule has 0 amide bonds. The van der Waals surface area contributed by atoms with Crippen molar-refractivity contribution in [3.8, 4) is 23.0 Å². The number of aliphatic hydroxyl groups excluding tert-OH is 1. The summed E-state index contributed by atoms with van der Waals surface area (Å²) < 4.78 is 15.2. The lowest BCUT2D eigenvalue weighted by Crippen LogP contribution is -2.54. The molecular weight excluding hydrogens is 380 g/mol. The molecule has 0 aliphatic heterocycles. The molecule has 0 radical (unpaired) electrons. The van der Waals surface area contributed by atoms with E-state index < -0.39 is 30.0 Å². The molecule has 1 aliphatic carbocycles. The second-order valence-corrected chi connectivity index (χ2v) is 7.01. The quantitative estimate of drug-likeness (QED) is 0.550. The van der Waals surface area contributed by atoms with Gasteiger partial charge in [-0.05, 0) is 41.0 Å². The number of phenols is 2. The van der Waals surface area contributed by atoms with Crippen molar-refractivity contribution < 1.29 is 39.4 Å². The number of methoxy groups -OCH3 is 3. The van der Waals surface area contributed by atoms with Gasteiger partial charge >= 0.3 is 5.97 Å². The number of hydrogen-bond donors (Lipinski definition) is 4. The van der Waals surface area contributed by atoms with E-state index in [1.165, 1.54) is 33.5 Å². The maximum atomic E-state index is 12.5. The van der Waals surface area contributed by atoms with Gasteiger partial charge in [-0.25, -0.2) is 4.79 Å². The summed E-state index contributed by atoms with van der Waals surface area (Å²) in [7, 11) is 3.97. The Bertz CT molecular complexity index is 925. The molecule has 3 rings (SSSR count). The molecular formula is C21H24O8. The zero-order chi connectivity index (χ0) is 21.3. The number of ether oxygens (including phenoxy) is 3. The minimum absolute atomic E-state index is 0.0753. The van der Waals surface area contributed by atoms with Crippen molar-refractivity contribution in [1.29, 1.82) is 0 Å². The van der Waals surface area contributed by atoms with Crippen LogP contribution < -0.4 is 9.47 Å². The smallest absolute Gasteiger partial charge is 0.338 e. The summed E-state index contributed by atoms with van der Waals surface area (Å²) in [6.45, 7) is -0.522. The number of phenolic OH excluding ortho intramolecular Hbond substituents is 2. The molecule has 2 aromatic rings. The molecule has 29 heavy (non-hydrogen) atoms. The fourth-order valence-electron chi connectivity index (χ4n) is 4.10. The first-order valence-corrected chi connectivity index (χ1v) is 8.99. The van der Waals surface area contributed by atoms with Crippen molar-refractivity contribution in [2.24, 2.45) is 5.92 Å². The van der Waals surface area contributed by atoms with Crippen molar-refractivity contribution in [2.45, 2.75) is 17.9 Å². The van der Waals surface area contributed by atoms with E-state index in [1.54, 1.807) is 18.2 Å². The first kappa shape index (κ1) is 20.8. The van der Waals surface area contributed by atoms with Crippen LogP contribution >= 0.6 is 0 Å². The highest BCUT2D eigenvalue weighted by Gasteiger charge is 2.53. The number of hydrogen-bond acceptors (Lipinski definition) is 8. The van der Waals surface area contributed by atoms with Crippen molar-refractivity contribution >= 4 is 5.97 Å². The number of fused-ring (bicyclic) bond motifs is 1. The van der Waals surface area contributed by atoms with E-state index in [9.17, 15) is 25.2 Å². The lowest BCUT2D eigenvalue weighted by molar-refractivity contribution is -0.172. The van der Waals surface area contributed by atoms with E-state index in [4.69, 9.17) is 14.2 Å². The largest absolute Gasteiger partial charge is 0.504 e. The number of aliphatic hydroxyl groups is 2. The van der Waals surface area contributed by atoms with Crippen LogP contribution in [0.25, 0.3) is 0 Å². The molecule has 8 nitrogen and oxygen atoms in total. The zero-order valence-corrected chi connectivity index (χ0v) is 16.4. The van der Waals surface area contributed by atoms with Crippen molar-refractivity contribution in [3.63, 3.8) is 0 Å². The fraction of sp³-hybridized carbons (Fsp3) is 0.381. The van der Waals surface area contributed by atoms with Gasteiger partial charge in [0.05, 0.1) is 27.9 Å². The third-order valence-corrected chi connectivity index (χ3v) is 5.55. The monoisotopic (exact) mass is 404 g/mol. The van der Waals surface area contributed by atoms with Gasteiger partial charge in [0.25, 0.3) is 0 Å². The highest BCUT2D eigenvalue weighted by atomic mass is 16.5. The zero-order valence-electron chi connectivity index (χ0n) is 16.4. The Balaban J connectivity index is 2.28. The lowest BCUT2D eigenvalue weighted by Gasteiger charge is -2.43. The van der Waals surface area contributed by atoms with Crippen LogP contribution in [0, 0.1) is 5.92 Å². The van der Waals surface area contributed by atoms with Crippen LogP contribution in [0.3, 0.4) is 0 Å². The summed E-state index contributed by atoms with van der Waals surface area (Å²) >= 11 is 0. The minimum Gasteiger partial charge on any atom is -0.504 e. The van der Waals surface area contributed by atoms with Crippen molar-refractivity contribution in [3.05, 3.63) is 47.0 Å². The molecule has 3 unspecified atom stereocenters. The van der Waals surface area contributed by atoms with E-state index in [2.05, 4.69) is 0 Å². The van der Waals surface area contributed by atoms with Gasteiger partial charge in [0.1, 0.15) is 0 Å². The van der Waals surface area contributed by atoms with Crippen LogP contribution in [-0.4, -0.2) is 59.9 Å². The summed E-state index contributed by atoms with van der Waals surface area (Å²) in [5.41, 5.74) is -0.252. The van der Waals surface area contributed by atoms with E-state index in [0.717, 1.165) is 0 Å². The summed E-state index contributed by atoms with van der Waals surface area (Å²) in [5, 5.41) is 41.7. The molecule has 3 atom stereocenters. The summed E-state index contributed by atoms with van der Waals surface area (Å²) in [5.74, 6) is -2.32. The Morgan fingerprint density at radius 3 is 2.31 bits per heavy atom. The van der Waals surface area contributed by atoms with Gasteiger partial charge in [-0.3, -0.25) is 0 Å². The van der Waals surface area contributed by atoms with Crippen LogP contribution in [0.15, 0.2) is 30.3 Å². The van der Waals surface area contributed by atoms with E-state index in [-0.39, 0.29) is 29.4 Å². The van der Waals surface area contributed by atoms with Crippen LogP contribution in [0.4, 0.5) is 0 Å². The summed E-state index contributed by atoms with van der Waals surface area (Å²) in [6, 6.07) is 7.65. The molecule has 0 aromatic heterocycles. The third-order valence-electron chi connectivity index (χ3n) is 5.55. The van der Waals surface area contributed by atoms with Crippen molar-refractivity contribution in [2.75, 3.05) is 27.9 Å². The van der Waals surface area contributed by atoms with Gasteiger partial charge in [0.15, 0.2) is 28.6 Å². The standard InChI is InChI=1S/C21H24O8/c1-27-17-6-11(4-5-15(17)23)19-13-8-16(24)18(28-2)7-12(13)9-21(26,14(19)10-22)20(25)29-3/h4-8,14,19,22-24,26H,9-10H2,1-3H3. The average Bonchev–Trinajstić information content (AvgIpc) is 2.72. The first-order chi connectivity index (χ1) is 13.8. The topological polar surface area (TPSA) is 126 Å². The molecule has 156 valence electrons. The second-order valence-electron chi connectivity index (χ2n) is 7.01. The lowest BCUT2D eigenvalue weighted by atomic mass is 9.64. The average molecular weight is 404 g/mol. The molecule has 0 heterocycles. The predicted molar refractivity (Wildman–Crippen MR) is 102 cm³/mol. The number of carbonyl (C=O) groups is 1. The predicted octanol–water partition coefficient (Wildman–Crippen LogP) is 1.32. The molecule has 4 N–H and O–H groups in total. The van der Waals surface area contributed by atoms with Gasteiger partial charge in [-0.15, -0.1) is 0 Å². The fourth-order valence-corrected chi connectivity index (χ4v) is 4.10. The first-order valence-electron chi connectivity index (χ1n) is 8.99. The highest BCUT2D eigenvalue weighted by Crippen LogP contribution is 2.49. The molecule has 0 spiro atoms. The van der Waals surface area contributed by atoms with Gasteiger partial charge in [0, 0.05) is 18.3 Å². The molecule has 0 fully saturated rings. The number of esters is 1. The van der Waals surface area contributed by atoms with E-state index >= 15 is 0 Å². The normalized spacial score (nSPS) is 23.2. The maximum Gasteiger partial charge on any atom is 0.338 e. The van der Waals surface area contributed by atoms with Crippen LogP contribution in [-0.2, 0) is 16.0 Å². The Morgan fingerprint density at radius 2 is 1.72 bits per heavy atom. The third kappa shape index (κ3) is 3.34. The van der Waals surface area contributed by atoms with Gasteiger partial charge in [0.2, 0.25) is 0 Å². The molecule has 0 saturated carbocycles. The molecule has 8 heteroatoms. The SMILES string of the molecule is COC(=O)C1(O)Cc2cc(OC)c(O)cc2C(c2ccc(O)c(OC)c2)C1CO. The number of carbonyl (C=O) groups excluding carboxylic acids is 1. The summed E-state index contributed by atoms with van der Waals surface area (Å²) in [6.07, 6.45) is -0.122. The second kappa shape index (κ2) is 7.81. The van der Waals surface area contributed by atoms with Crippen LogP contribution in [0.1, 0.15) is 22.6 Å². The Kier molecular flexibility index (Phi) is 5.59. The molecule has 0 saturated heterocycles. The van der Waals surface area contributed by atoms with E-state index in [0.29, 0.717) is 16.7 Å². The molecule has 2 aromatic carbocycles. The molecule has 0 bridgehead atoms. The summed E-state index contributed by atoms with van der Waals surface area (Å²) in [4.78, 5) is 12.5. The van der Waals surface area contributed by atoms with E-state index in [1.807, 2.05) is 0 Å². The maximum absolute atomic E-state index is 12.5. The van der Waals surface area contributed by atoms with Crippen LogP contribution in [0.2, 0.25) is 0 Å². The van der Waals surface area contributed by atoms with Gasteiger partial charge < -0.3 is 34.6 Å². The highest BCUT2D eigenvalue weighted by molar-refractivity contribution is 5.81. The van der Waals surface area contributed by atoms with Gasteiger partial charge in [-0.2, -0.15) is 0 Å².